The van der Waals surface area contributed by atoms with Crippen LogP contribution in [0, 0.1) is 11.8 Å². The molecule has 1 aliphatic carbocycles. The third-order valence-electron chi connectivity index (χ3n) is 3.83. The molecule has 2 heteroatoms. The van der Waals surface area contributed by atoms with Gasteiger partial charge in [0.15, 0.2) is 0 Å². The zero-order chi connectivity index (χ0) is 10.4. The van der Waals surface area contributed by atoms with Crippen molar-refractivity contribution in [2.75, 3.05) is 0 Å². The average molecular weight is 198 g/mol. The Morgan fingerprint density at radius 3 is 2.43 bits per heavy atom. The maximum Gasteiger partial charge on any atom is 0.0210 e. The molecule has 0 aromatic heterocycles. The predicted molar refractivity (Wildman–Crippen MR) is 61.8 cm³/mol. The first kappa shape index (κ1) is 12.0. The van der Waals surface area contributed by atoms with E-state index in [0.717, 1.165) is 11.8 Å². The maximum atomic E-state index is 5.47. The van der Waals surface area contributed by atoms with E-state index in [1.165, 1.54) is 44.9 Å². The normalized spacial score (nSPS) is 30.2. The van der Waals surface area contributed by atoms with Gasteiger partial charge in [-0.05, 0) is 31.6 Å². The molecule has 1 unspecified atom stereocenters. The van der Waals surface area contributed by atoms with Crippen molar-refractivity contribution in [1.29, 1.82) is 0 Å². The van der Waals surface area contributed by atoms with Crippen LogP contribution in [0.25, 0.3) is 0 Å². The highest BCUT2D eigenvalue weighted by molar-refractivity contribution is 4.78. The number of unbranched alkanes of at least 4 members (excludes halogenated alkanes) is 1. The van der Waals surface area contributed by atoms with Crippen LogP contribution in [-0.2, 0) is 0 Å². The second kappa shape index (κ2) is 6.41. The van der Waals surface area contributed by atoms with Crippen LogP contribution < -0.4 is 11.3 Å². The molecule has 84 valence electrons. The third kappa shape index (κ3) is 3.58. The fraction of sp³-hybridized carbons (Fsp3) is 1.00. The van der Waals surface area contributed by atoms with Crippen LogP contribution in [0.2, 0.25) is 0 Å². The number of hydrazine groups is 1. The van der Waals surface area contributed by atoms with Crippen molar-refractivity contribution in [3.05, 3.63) is 0 Å². The molecule has 2 nitrogen and oxygen atoms in total. The molecule has 0 amide bonds. The van der Waals surface area contributed by atoms with E-state index in [0.29, 0.717) is 6.04 Å². The van der Waals surface area contributed by atoms with E-state index in [1.54, 1.807) is 0 Å². The first-order valence-electron chi connectivity index (χ1n) is 6.24. The molecule has 0 bridgehead atoms. The second-order valence-electron chi connectivity index (χ2n) is 4.88. The number of hydrogen-bond donors (Lipinski definition) is 2. The van der Waals surface area contributed by atoms with Crippen molar-refractivity contribution >= 4 is 0 Å². The molecule has 0 aromatic carbocycles. The van der Waals surface area contributed by atoms with Gasteiger partial charge in [0.1, 0.15) is 0 Å². The minimum atomic E-state index is 0.502. The Bertz CT molecular complexity index is 139. The van der Waals surface area contributed by atoms with Crippen LogP contribution in [0.15, 0.2) is 0 Å². The Kier molecular flexibility index (Phi) is 5.49. The standard InChI is InChI=1S/C12H26N2/c1-3-4-5-11-6-8-12(9-7-11)10(2)14-13/h10-12,14H,3-9,13H2,1-2H3. The van der Waals surface area contributed by atoms with Gasteiger partial charge in [-0.2, -0.15) is 0 Å². The molecule has 0 saturated heterocycles. The van der Waals surface area contributed by atoms with Crippen LogP contribution in [0.4, 0.5) is 0 Å². The van der Waals surface area contributed by atoms with Gasteiger partial charge in [0.2, 0.25) is 0 Å². The molecular formula is C12H26N2. The average Bonchev–Trinajstić information content (AvgIpc) is 2.26. The van der Waals surface area contributed by atoms with Gasteiger partial charge in [0.05, 0.1) is 0 Å². The highest BCUT2D eigenvalue weighted by Crippen LogP contribution is 2.33. The van der Waals surface area contributed by atoms with Crippen molar-refractivity contribution in [2.45, 2.75) is 64.8 Å². The van der Waals surface area contributed by atoms with Crippen molar-refractivity contribution < 1.29 is 0 Å². The number of hydrogen-bond acceptors (Lipinski definition) is 2. The highest BCUT2D eigenvalue weighted by atomic mass is 15.2. The van der Waals surface area contributed by atoms with E-state index in [4.69, 9.17) is 5.84 Å². The van der Waals surface area contributed by atoms with E-state index < -0.39 is 0 Å². The summed E-state index contributed by atoms with van der Waals surface area (Å²) in [5.74, 6) is 7.30. The minimum absolute atomic E-state index is 0.502. The van der Waals surface area contributed by atoms with E-state index in [9.17, 15) is 0 Å². The molecule has 1 rings (SSSR count). The first-order valence-corrected chi connectivity index (χ1v) is 6.24. The summed E-state index contributed by atoms with van der Waals surface area (Å²) >= 11 is 0. The van der Waals surface area contributed by atoms with E-state index >= 15 is 0 Å². The van der Waals surface area contributed by atoms with Crippen LogP contribution in [0.1, 0.15) is 58.8 Å². The van der Waals surface area contributed by atoms with Crippen molar-refractivity contribution in [3.63, 3.8) is 0 Å². The molecular weight excluding hydrogens is 172 g/mol. The molecule has 3 N–H and O–H groups in total. The number of rotatable bonds is 5. The van der Waals surface area contributed by atoms with Crippen LogP contribution >= 0.6 is 0 Å². The van der Waals surface area contributed by atoms with Gasteiger partial charge in [-0.15, -0.1) is 0 Å². The van der Waals surface area contributed by atoms with Gasteiger partial charge < -0.3 is 0 Å². The summed E-state index contributed by atoms with van der Waals surface area (Å²) in [6.45, 7) is 4.49. The van der Waals surface area contributed by atoms with Gasteiger partial charge >= 0.3 is 0 Å². The Morgan fingerprint density at radius 2 is 1.93 bits per heavy atom. The van der Waals surface area contributed by atoms with Crippen molar-refractivity contribution in [1.82, 2.24) is 5.43 Å². The van der Waals surface area contributed by atoms with Gasteiger partial charge in [0, 0.05) is 6.04 Å². The summed E-state index contributed by atoms with van der Waals surface area (Å²) < 4.78 is 0. The Labute approximate surface area is 88.6 Å². The van der Waals surface area contributed by atoms with Gasteiger partial charge in [0.25, 0.3) is 0 Å². The topological polar surface area (TPSA) is 38.0 Å². The fourth-order valence-corrected chi connectivity index (χ4v) is 2.61. The highest BCUT2D eigenvalue weighted by Gasteiger charge is 2.23. The first-order chi connectivity index (χ1) is 6.77. The lowest BCUT2D eigenvalue weighted by Crippen LogP contribution is -2.39. The molecule has 0 radical (unpaired) electrons. The lowest BCUT2D eigenvalue weighted by molar-refractivity contribution is 0.220. The molecule has 1 saturated carbocycles. The molecule has 0 aliphatic heterocycles. The molecule has 0 aromatic rings. The lowest BCUT2D eigenvalue weighted by Gasteiger charge is -2.31. The smallest absolute Gasteiger partial charge is 0.0210 e. The number of nitrogens with two attached hydrogens (primary N) is 1. The van der Waals surface area contributed by atoms with Gasteiger partial charge in [-0.3, -0.25) is 11.3 Å². The zero-order valence-electron chi connectivity index (χ0n) is 9.76. The molecule has 0 heterocycles. The minimum Gasteiger partial charge on any atom is -0.271 e. The number of nitrogens with one attached hydrogen (secondary N) is 1. The Hall–Kier alpha value is -0.0800. The van der Waals surface area contributed by atoms with Gasteiger partial charge in [-0.25, -0.2) is 0 Å². The van der Waals surface area contributed by atoms with E-state index in [1.807, 2.05) is 0 Å². The second-order valence-corrected chi connectivity index (χ2v) is 4.88. The summed E-state index contributed by atoms with van der Waals surface area (Å²) in [5.41, 5.74) is 2.89. The third-order valence-corrected chi connectivity index (χ3v) is 3.83. The SMILES string of the molecule is CCCCC1CCC(C(C)NN)CC1. The Morgan fingerprint density at radius 1 is 1.29 bits per heavy atom. The largest absolute Gasteiger partial charge is 0.271 e. The molecule has 1 fully saturated rings. The predicted octanol–water partition coefficient (Wildman–Crippen LogP) is 2.83. The summed E-state index contributed by atoms with van der Waals surface area (Å²) in [4.78, 5) is 0. The molecule has 14 heavy (non-hydrogen) atoms. The monoisotopic (exact) mass is 198 g/mol. The van der Waals surface area contributed by atoms with Crippen LogP contribution in [0.3, 0.4) is 0 Å². The van der Waals surface area contributed by atoms with Crippen LogP contribution in [0.5, 0.6) is 0 Å². The van der Waals surface area contributed by atoms with Crippen molar-refractivity contribution in [3.8, 4) is 0 Å². The van der Waals surface area contributed by atoms with Gasteiger partial charge in [-0.1, -0.05) is 39.0 Å². The maximum absolute atomic E-state index is 5.47. The van der Waals surface area contributed by atoms with Crippen LogP contribution in [-0.4, -0.2) is 6.04 Å². The summed E-state index contributed by atoms with van der Waals surface area (Å²) in [6, 6.07) is 0.502. The van der Waals surface area contributed by atoms with Crippen molar-refractivity contribution in [2.24, 2.45) is 17.7 Å². The van der Waals surface area contributed by atoms with E-state index in [2.05, 4.69) is 19.3 Å². The fourth-order valence-electron chi connectivity index (χ4n) is 2.61. The summed E-state index contributed by atoms with van der Waals surface area (Å²) in [7, 11) is 0. The Balaban J connectivity index is 2.17. The van der Waals surface area contributed by atoms with E-state index in [-0.39, 0.29) is 0 Å². The zero-order valence-corrected chi connectivity index (χ0v) is 9.76. The summed E-state index contributed by atoms with van der Waals surface area (Å²) in [5, 5.41) is 0. The quantitative estimate of drug-likeness (QED) is 0.526. The molecule has 1 atom stereocenters. The summed E-state index contributed by atoms with van der Waals surface area (Å²) in [6.07, 6.45) is 9.82. The molecule has 1 aliphatic rings. The molecule has 0 spiro atoms. The lowest BCUT2D eigenvalue weighted by atomic mass is 9.77.